The van der Waals surface area contributed by atoms with Crippen molar-refractivity contribution in [1.29, 1.82) is 0 Å². The van der Waals surface area contributed by atoms with E-state index in [1.54, 1.807) is 0 Å². The molecule has 0 aliphatic carbocycles. The first-order valence-corrected chi connectivity index (χ1v) is 2.74. The normalized spacial score (nSPS) is 14.2. The van der Waals surface area contributed by atoms with Gasteiger partial charge in [-0.1, -0.05) is 0 Å². The van der Waals surface area contributed by atoms with Gasteiger partial charge in [-0.3, -0.25) is 0 Å². The van der Waals surface area contributed by atoms with E-state index in [-0.39, 0.29) is 0 Å². The molecule has 0 bridgehead atoms. The van der Waals surface area contributed by atoms with Gasteiger partial charge in [0, 0.05) is 0 Å². The minimum absolute atomic E-state index is 0.630. The number of hydrogen-bond acceptors (Lipinski definition) is 2. The molecule has 0 amide bonds. The third-order valence-corrected chi connectivity index (χ3v) is 0.970. The molecule has 0 aromatic rings. The summed E-state index contributed by atoms with van der Waals surface area (Å²) in [5, 5.41) is 7.78. The molecule has 0 heterocycles. The summed E-state index contributed by atoms with van der Waals surface area (Å²) in [6.07, 6.45) is -4.26. The van der Waals surface area contributed by atoms with Gasteiger partial charge in [-0.05, 0) is 6.92 Å². The second-order valence-corrected chi connectivity index (χ2v) is 1.93. The number of carbonyl (C=O) groups is 1. The van der Waals surface area contributed by atoms with Crippen LogP contribution in [0.1, 0.15) is 6.92 Å². The van der Waals surface area contributed by atoms with Crippen LogP contribution in [0.2, 0.25) is 0 Å². The molecule has 11 heavy (non-hydrogen) atoms. The molecule has 0 spiro atoms. The molecule has 3 nitrogen and oxygen atoms in total. The first kappa shape index (κ1) is 10.1. The van der Waals surface area contributed by atoms with E-state index in [2.05, 4.69) is 4.74 Å². The Morgan fingerprint density at radius 1 is 1.73 bits per heavy atom. The van der Waals surface area contributed by atoms with Crippen LogP contribution in [0.5, 0.6) is 0 Å². The molecule has 1 atom stereocenters. The molecule has 0 aliphatic heterocycles. The van der Waals surface area contributed by atoms with Gasteiger partial charge in [0.1, 0.15) is 0 Å². The minimum atomic E-state index is -3.74. The molecule has 0 aromatic carbocycles. The number of hydrogen-bond donors (Lipinski definition) is 1. The zero-order chi connectivity index (χ0) is 9.07. The van der Waals surface area contributed by atoms with Crippen molar-refractivity contribution < 1.29 is 27.8 Å². The van der Waals surface area contributed by atoms with Gasteiger partial charge in [0.15, 0.2) is 12.8 Å². The molecular weight excluding hydrogens is 165 g/mol. The van der Waals surface area contributed by atoms with Crippen LogP contribution < -0.4 is 0 Å². The summed E-state index contributed by atoms with van der Waals surface area (Å²) in [5.41, 5.74) is 0. The van der Waals surface area contributed by atoms with Crippen LogP contribution in [-0.2, 0) is 4.74 Å². The van der Waals surface area contributed by atoms with E-state index in [4.69, 9.17) is 5.11 Å². The Morgan fingerprint density at radius 3 is 2.45 bits per heavy atom. The number of ether oxygens (including phenoxy) is 1. The van der Waals surface area contributed by atoms with Gasteiger partial charge in [-0.25, -0.2) is 9.18 Å². The Bertz CT molecular complexity index is 146. The van der Waals surface area contributed by atoms with Gasteiger partial charge in [0.25, 0.3) is 0 Å². The standard InChI is InChI=1S/C5H7F3O3/c1-3(6)5(7,8)2-11-4(9)10/h3H,2H2,1H3,(H,9,10). The largest absolute Gasteiger partial charge is 0.505 e. The molecule has 0 radical (unpaired) electrons. The maximum absolute atomic E-state index is 12.1. The van der Waals surface area contributed by atoms with Crippen molar-refractivity contribution >= 4 is 6.16 Å². The first-order chi connectivity index (χ1) is 4.86. The lowest BCUT2D eigenvalue weighted by atomic mass is 10.2. The Balaban J connectivity index is 3.82. The van der Waals surface area contributed by atoms with E-state index in [0.29, 0.717) is 6.92 Å². The lowest BCUT2D eigenvalue weighted by molar-refractivity contribution is -0.108. The van der Waals surface area contributed by atoms with Crippen LogP contribution in [0.4, 0.5) is 18.0 Å². The molecule has 0 saturated carbocycles. The Labute approximate surface area is 60.8 Å². The van der Waals surface area contributed by atoms with Crippen molar-refractivity contribution in [3.63, 3.8) is 0 Å². The summed E-state index contributed by atoms with van der Waals surface area (Å²) in [7, 11) is 0. The smallest absolute Gasteiger partial charge is 0.450 e. The third-order valence-electron chi connectivity index (χ3n) is 0.970. The molecule has 0 fully saturated rings. The summed E-state index contributed by atoms with van der Waals surface area (Å²) < 4.78 is 39.7. The predicted octanol–water partition coefficient (Wildman–Crippen LogP) is 1.67. The fraction of sp³-hybridized carbons (Fsp3) is 0.800. The average molecular weight is 172 g/mol. The number of halogens is 3. The van der Waals surface area contributed by atoms with Crippen LogP contribution in [0.3, 0.4) is 0 Å². The van der Waals surface area contributed by atoms with E-state index in [9.17, 15) is 18.0 Å². The van der Waals surface area contributed by atoms with Crippen molar-refractivity contribution in [3.8, 4) is 0 Å². The van der Waals surface area contributed by atoms with Crippen LogP contribution in [0.25, 0.3) is 0 Å². The lowest BCUT2D eigenvalue weighted by Crippen LogP contribution is -2.33. The summed E-state index contributed by atoms with van der Waals surface area (Å²) in [5.74, 6) is -3.74. The van der Waals surface area contributed by atoms with Gasteiger partial charge in [0.2, 0.25) is 0 Å². The zero-order valence-corrected chi connectivity index (χ0v) is 5.68. The molecule has 0 saturated heterocycles. The predicted molar refractivity (Wildman–Crippen MR) is 29.5 cm³/mol. The molecule has 66 valence electrons. The summed E-state index contributed by atoms with van der Waals surface area (Å²) in [4.78, 5) is 9.59. The Kier molecular flexibility index (Phi) is 3.16. The molecule has 0 aliphatic rings. The maximum atomic E-state index is 12.1. The topological polar surface area (TPSA) is 46.5 Å². The van der Waals surface area contributed by atoms with Crippen molar-refractivity contribution in [2.24, 2.45) is 0 Å². The first-order valence-electron chi connectivity index (χ1n) is 2.74. The highest BCUT2D eigenvalue weighted by Gasteiger charge is 2.38. The second-order valence-electron chi connectivity index (χ2n) is 1.93. The van der Waals surface area contributed by atoms with Crippen molar-refractivity contribution in [1.82, 2.24) is 0 Å². The van der Waals surface area contributed by atoms with Crippen molar-refractivity contribution in [3.05, 3.63) is 0 Å². The van der Waals surface area contributed by atoms with E-state index in [1.165, 1.54) is 0 Å². The van der Waals surface area contributed by atoms with Crippen molar-refractivity contribution in [2.45, 2.75) is 19.0 Å². The van der Waals surface area contributed by atoms with Gasteiger partial charge in [-0.2, -0.15) is 8.78 Å². The highest BCUT2D eigenvalue weighted by molar-refractivity contribution is 5.56. The van der Waals surface area contributed by atoms with Gasteiger partial charge in [0.05, 0.1) is 0 Å². The van der Waals surface area contributed by atoms with Crippen molar-refractivity contribution in [2.75, 3.05) is 6.61 Å². The van der Waals surface area contributed by atoms with Gasteiger partial charge < -0.3 is 9.84 Å². The fourth-order valence-corrected chi connectivity index (χ4v) is 0.273. The van der Waals surface area contributed by atoms with E-state index in [1.807, 2.05) is 0 Å². The van der Waals surface area contributed by atoms with Crippen LogP contribution >= 0.6 is 0 Å². The summed E-state index contributed by atoms with van der Waals surface area (Å²) in [6.45, 7) is -0.814. The summed E-state index contributed by atoms with van der Waals surface area (Å²) >= 11 is 0. The van der Waals surface area contributed by atoms with Gasteiger partial charge in [-0.15, -0.1) is 0 Å². The number of carboxylic acid groups (broad SMARTS) is 1. The highest BCUT2D eigenvalue weighted by Crippen LogP contribution is 2.21. The maximum Gasteiger partial charge on any atom is 0.505 e. The Hall–Kier alpha value is -0.940. The summed E-state index contributed by atoms with van der Waals surface area (Å²) in [6, 6.07) is 0. The zero-order valence-electron chi connectivity index (χ0n) is 5.68. The second kappa shape index (κ2) is 3.45. The molecular formula is C5H7F3O3. The van der Waals surface area contributed by atoms with E-state index in [0.717, 1.165) is 0 Å². The van der Waals surface area contributed by atoms with Crippen LogP contribution in [-0.4, -0.2) is 30.0 Å². The number of alkyl halides is 3. The molecule has 1 N–H and O–H groups in total. The van der Waals surface area contributed by atoms with Crippen LogP contribution in [0.15, 0.2) is 0 Å². The molecule has 6 heteroatoms. The lowest BCUT2D eigenvalue weighted by Gasteiger charge is -2.15. The quantitative estimate of drug-likeness (QED) is 0.658. The average Bonchev–Trinajstić information content (AvgIpc) is 1.84. The number of rotatable bonds is 3. The SMILES string of the molecule is CC(F)C(F)(F)COC(=O)O. The molecule has 0 rings (SSSR count). The monoisotopic (exact) mass is 172 g/mol. The molecule has 0 aromatic heterocycles. The van der Waals surface area contributed by atoms with E-state index >= 15 is 0 Å². The fourth-order valence-electron chi connectivity index (χ4n) is 0.273. The minimum Gasteiger partial charge on any atom is -0.450 e. The molecule has 1 unspecified atom stereocenters. The van der Waals surface area contributed by atoms with Crippen LogP contribution in [0, 0.1) is 0 Å². The van der Waals surface area contributed by atoms with Gasteiger partial charge >= 0.3 is 12.1 Å². The highest BCUT2D eigenvalue weighted by atomic mass is 19.3. The Morgan fingerprint density at radius 2 is 2.18 bits per heavy atom. The third kappa shape index (κ3) is 3.69. The van der Waals surface area contributed by atoms with E-state index < -0.39 is 24.9 Å².